The minimum atomic E-state index is -3.52. The van der Waals surface area contributed by atoms with Crippen LogP contribution in [0.3, 0.4) is 0 Å². The molecule has 11 nitrogen and oxygen atoms in total. The number of nitrogens with one attached hydrogen (secondary N) is 1. The largest absolute Gasteiger partial charge is 0.379 e. The molecule has 1 saturated carbocycles. The SMILES string of the molecule is CN(CCN1CCOCC1)C1CCN(S(=O)(=O)N2[C@@H]3CC[C@H]2CC(NC(=O)c2cc(C4CC4)on2)C3)CC1. The van der Waals surface area contributed by atoms with Crippen molar-refractivity contribution in [2.45, 2.75) is 81.5 Å². The fourth-order valence-electron chi connectivity index (χ4n) is 6.80. The monoisotopic (exact) mass is 550 g/mol. The van der Waals surface area contributed by atoms with Gasteiger partial charge in [0.1, 0.15) is 5.76 Å². The van der Waals surface area contributed by atoms with Crippen molar-refractivity contribution in [2.75, 3.05) is 59.5 Å². The molecule has 212 valence electrons. The van der Waals surface area contributed by atoms with Gasteiger partial charge in [-0.05, 0) is 58.4 Å². The van der Waals surface area contributed by atoms with E-state index in [1.54, 1.807) is 14.7 Å². The lowest BCUT2D eigenvalue weighted by atomic mass is 9.99. The normalized spacial score (nSPS) is 30.2. The van der Waals surface area contributed by atoms with Gasteiger partial charge < -0.3 is 19.5 Å². The fourth-order valence-corrected chi connectivity index (χ4v) is 8.87. The second kappa shape index (κ2) is 11.1. The van der Waals surface area contributed by atoms with Crippen LogP contribution in [0.4, 0.5) is 0 Å². The number of ether oxygens (including phenoxy) is 1. The molecular weight excluding hydrogens is 508 g/mol. The van der Waals surface area contributed by atoms with E-state index < -0.39 is 10.2 Å². The fraction of sp³-hybridized carbons (Fsp3) is 0.846. The summed E-state index contributed by atoms with van der Waals surface area (Å²) in [5, 5.41) is 7.06. The van der Waals surface area contributed by atoms with Gasteiger partial charge in [0.25, 0.3) is 16.1 Å². The van der Waals surface area contributed by atoms with Crippen LogP contribution in [0.25, 0.3) is 0 Å². The number of rotatable bonds is 9. The Hall–Kier alpha value is -1.57. The molecule has 5 aliphatic rings. The van der Waals surface area contributed by atoms with Gasteiger partial charge in [-0.3, -0.25) is 9.69 Å². The number of nitrogens with zero attached hydrogens (tertiary/aromatic N) is 5. The van der Waals surface area contributed by atoms with E-state index in [9.17, 15) is 13.2 Å². The number of carbonyl (C=O) groups is 1. The van der Waals surface area contributed by atoms with Crippen LogP contribution >= 0.6 is 0 Å². The maximum Gasteiger partial charge on any atom is 0.282 e. The summed E-state index contributed by atoms with van der Waals surface area (Å²) in [7, 11) is -1.35. The number of aromatic nitrogens is 1. The van der Waals surface area contributed by atoms with Crippen LogP contribution in [0.2, 0.25) is 0 Å². The molecule has 0 radical (unpaired) electrons. The van der Waals surface area contributed by atoms with Gasteiger partial charge in [-0.1, -0.05) is 5.16 Å². The highest BCUT2D eigenvalue weighted by atomic mass is 32.2. The summed E-state index contributed by atoms with van der Waals surface area (Å²) in [6.07, 6.45) is 6.92. The third-order valence-corrected chi connectivity index (χ3v) is 11.4. The standard InChI is InChI=1S/C26H42N6O5S/c1-29(10-11-30-12-14-36-15-13-30)21-6-8-31(9-7-21)38(34,35)32-22-4-5-23(32)17-20(16-22)27-26(33)24-18-25(37-28-24)19-2-3-19/h18-23H,2-17H2,1H3,(H,27,33)/t20?,22-,23+. The molecule has 38 heavy (non-hydrogen) atoms. The number of likely N-dealkylation sites (N-methyl/N-ethyl adjacent to an activating group) is 1. The lowest BCUT2D eigenvalue weighted by Crippen LogP contribution is -2.57. The third-order valence-electron chi connectivity index (χ3n) is 9.25. The second-order valence-corrected chi connectivity index (χ2v) is 13.7. The van der Waals surface area contributed by atoms with E-state index >= 15 is 0 Å². The van der Waals surface area contributed by atoms with Gasteiger partial charge in [0, 0.05) is 75.4 Å². The van der Waals surface area contributed by atoms with Crippen molar-refractivity contribution in [3.8, 4) is 0 Å². The van der Waals surface area contributed by atoms with Gasteiger partial charge in [0.2, 0.25) is 0 Å². The van der Waals surface area contributed by atoms with Crippen LogP contribution in [-0.4, -0.2) is 122 Å². The summed E-state index contributed by atoms with van der Waals surface area (Å²) in [5.41, 5.74) is 0.326. The van der Waals surface area contributed by atoms with E-state index in [2.05, 4.69) is 27.3 Å². The predicted molar refractivity (Wildman–Crippen MR) is 141 cm³/mol. The van der Waals surface area contributed by atoms with Gasteiger partial charge in [-0.15, -0.1) is 0 Å². The van der Waals surface area contributed by atoms with E-state index in [0.717, 1.165) is 83.7 Å². The molecule has 2 bridgehead atoms. The molecule has 3 atom stereocenters. The summed E-state index contributed by atoms with van der Waals surface area (Å²) >= 11 is 0. The number of amides is 1. The molecule has 1 aromatic heterocycles. The van der Waals surface area contributed by atoms with Crippen molar-refractivity contribution < 1.29 is 22.5 Å². The first-order chi connectivity index (χ1) is 18.4. The summed E-state index contributed by atoms with van der Waals surface area (Å²) in [6.45, 7) is 6.79. The highest BCUT2D eigenvalue weighted by Crippen LogP contribution is 2.41. The van der Waals surface area contributed by atoms with Gasteiger partial charge in [-0.25, -0.2) is 0 Å². The molecule has 1 aliphatic carbocycles. The molecule has 0 aromatic carbocycles. The summed E-state index contributed by atoms with van der Waals surface area (Å²) in [6, 6.07) is 2.01. The second-order valence-electron chi connectivity index (χ2n) is 11.8. The molecule has 0 spiro atoms. The van der Waals surface area contributed by atoms with Crippen molar-refractivity contribution in [3.63, 3.8) is 0 Å². The highest BCUT2D eigenvalue weighted by Gasteiger charge is 2.49. The van der Waals surface area contributed by atoms with E-state index in [4.69, 9.17) is 9.26 Å². The van der Waals surface area contributed by atoms with Gasteiger partial charge in [0.15, 0.2) is 5.69 Å². The van der Waals surface area contributed by atoms with E-state index in [1.165, 1.54) is 0 Å². The average molecular weight is 551 g/mol. The molecule has 1 amide bonds. The van der Waals surface area contributed by atoms with Crippen LogP contribution in [0.1, 0.15) is 73.5 Å². The van der Waals surface area contributed by atoms with E-state index in [-0.39, 0.29) is 24.0 Å². The smallest absolute Gasteiger partial charge is 0.282 e. The lowest BCUT2D eigenvalue weighted by molar-refractivity contribution is 0.0311. The molecule has 4 aliphatic heterocycles. The maximum atomic E-state index is 13.7. The van der Waals surface area contributed by atoms with Crippen molar-refractivity contribution in [2.24, 2.45) is 0 Å². The molecule has 1 unspecified atom stereocenters. The molecule has 6 rings (SSSR count). The minimum absolute atomic E-state index is 0.0432. The van der Waals surface area contributed by atoms with E-state index in [1.807, 2.05) is 0 Å². The Balaban J connectivity index is 0.994. The Morgan fingerprint density at radius 1 is 1.05 bits per heavy atom. The quantitative estimate of drug-likeness (QED) is 0.489. The number of fused-ring (bicyclic) bond motifs is 2. The minimum Gasteiger partial charge on any atom is -0.379 e. The van der Waals surface area contributed by atoms with Gasteiger partial charge in [-0.2, -0.15) is 17.0 Å². The van der Waals surface area contributed by atoms with Crippen LogP contribution < -0.4 is 5.32 Å². The van der Waals surface area contributed by atoms with E-state index in [0.29, 0.717) is 43.6 Å². The number of carbonyl (C=O) groups excluding carboxylic acids is 1. The van der Waals surface area contributed by atoms with Gasteiger partial charge in [0.05, 0.1) is 13.2 Å². The molecule has 5 heterocycles. The predicted octanol–water partition coefficient (Wildman–Crippen LogP) is 1.25. The van der Waals surface area contributed by atoms with Crippen LogP contribution in [-0.2, 0) is 14.9 Å². The Bertz CT molecular complexity index is 1070. The zero-order valence-corrected chi connectivity index (χ0v) is 23.3. The lowest BCUT2D eigenvalue weighted by Gasteiger charge is -2.43. The molecular formula is C26H42N6O5S. The van der Waals surface area contributed by atoms with Crippen LogP contribution in [0, 0.1) is 0 Å². The van der Waals surface area contributed by atoms with Crippen molar-refractivity contribution in [1.29, 1.82) is 0 Å². The first kappa shape index (κ1) is 26.6. The number of morpholine rings is 1. The first-order valence-corrected chi connectivity index (χ1v) is 15.8. The first-order valence-electron chi connectivity index (χ1n) is 14.4. The summed E-state index contributed by atoms with van der Waals surface area (Å²) < 4.78 is 41.7. The summed E-state index contributed by atoms with van der Waals surface area (Å²) in [4.78, 5) is 17.6. The molecule has 1 aromatic rings. The Morgan fingerprint density at radius 2 is 1.74 bits per heavy atom. The van der Waals surface area contributed by atoms with Crippen molar-refractivity contribution in [3.05, 3.63) is 17.5 Å². The zero-order valence-electron chi connectivity index (χ0n) is 22.5. The Labute approximate surface area is 226 Å². The molecule has 12 heteroatoms. The number of piperidine rings is 2. The van der Waals surface area contributed by atoms with Crippen LogP contribution in [0.5, 0.6) is 0 Å². The zero-order chi connectivity index (χ0) is 26.3. The molecule has 5 fully saturated rings. The summed E-state index contributed by atoms with van der Waals surface area (Å²) in [5.74, 6) is 0.985. The topological polar surface area (TPSA) is 111 Å². The third kappa shape index (κ3) is 5.66. The van der Waals surface area contributed by atoms with Crippen molar-refractivity contribution in [1.82, 2.24) is 28.9 Å². The van der Waals surface area contributed by atoms with Crippen LogP contribution in [0.15, 0.2) is 10.6 Å². The Kier molecular flexibility index (Phi) is 7.80. The molecule has 4 saturated heterocycles. The van der Waals surface area contributed by atoms with Gasteiger partial charge >= 0.3 is 0 Å². The average Bonchev–Trinajstić information content (AvgIpc) is 3.58. The number of hydrogen-bond acceptors (Lipinski definition) is 8. The Morgan fingerprint density at radius 3 is 2.39 bits per heavy atom. The maximum absolute atomic E-state index is 13.7. The molecule has 1 N–H and O–H groups in total. The number of hydrogen-bond donors (Lipinski definition) is 1. The van der Waals surface area contributed by atoms with Crippen molar-refractivity contribution >= 4 is 16.1 Å². The highest BCUT2D eigenvalue weighted by molar-refractivity contribution is 7.86.